The van der Waals surface area contributed by atoms with Crippen molar-refractivity contribution in [3.63, 3.8) is 0 Å². The highest BCUT2D eigenvalue weighted by molar-refractivity contribution is 5.88. The summed E-state index contributed by atoms with van der Waals surface area (Å²) in [6, 6.07) is 0. The first-order valence-electron chi connectivity index (χ1n) is 6.28. The molecule has 0 amide bonds. The molecule has 1 fully saturated rings. The number of hydrogen-bond acceptors (Lipinski definition) is 4. The molecule has 5 heteroatoms. The number of carbonyl (C=O) groups is 1. The lowest BCUT2D eigenvalue weighted by molar-refractivity contribution is 0.0694. The lowest BCUT2D eigenvalue weighted by atomic mass is 9.92. The van der Waals surface area contributed by atoms with Crippen molar-refractivity contribution in [1.29, 1.82) is 0 Å². The number of nitrogens with zero attached hydrogens (tertiary/aromatic N) is 2. The fraction of sp³-hybridized carbons (Fsp3) is 0.615. The normalized spacial score (nSPS) is 16.8. The number of nitrogens with one attached hydrogen (secondary N) is 1. The van der Waals surface area contributed by atoms with Gasteiger partial charge in [0.15, 0.2) is 0 Å². The van der Waals surface area contributed by atoms with Gasteiger partial charge in [0.2, 0.25) is 0 Å². The number of carboxylic acids is 1. The lowest BCUT2D eigenvalue weighted by Crippen LogP contribution is -2.28. The predicted octanol–water partition coefficient (Wildman–Crippen LogP) is 1.70. The Morgan fingerprint density at radius 1 is 1.56 bits per heavy atom. The molecular weight excluding hydrogens is 230 g/mol. The quantitative estimate of drug-likeness (QED) is 0.802. The molecule has 18 heavy (non-hydrogen) atoms. The molecule has 0 atom stereocenters. The standard InChI is InChI=1S/C13H19N3O2/c1-9(2)13(3-4-13)7-14-6-11-10(12(17)18)5-15-8-16-11/h5,8-9,14H,3-4,6-7H2,1-2H3,(H,17,18). The second-order valence-electron chi connectivity index (χ2n) is 5.31. The topological polar surface area (TPSA) is 75.1 Å². The molecule has 0 unspecified atom stereocenters. The van der Waals surface area contributed by atoms with E-state index in [0.717, 1.165) is 6.54 Å². The number of carboxylic acid groups (broad SMARTS) is 1. The van der Waals surface area contributed by atoms with Crippen LogP contribution < -0.4 is 5.32 Å². The molecular formula is C13H19N3O2. The number of aromatic nitrogens is 2. The zero-order valence-corrected chi connectivity index (χ0v) is 10.8. The summed E-state index contributed by atoms with van der Waals surface area (Å²) in [7, 11) is 0. The minimum atomic E-state index is -0.975. The second-order valence-corrected chi connectivity index (χ2v) is 5.31. The van der Waals surface area contributed by atoms with Gasteiger partial charge >= 0.3 is 5.97 Å². The van der Waals surface area contributed by atoms with E-state index in [2.05, 4.69) is 29.1 Å². The van der Waals surface area contributed by atoms with Gasteiger partial charge in [-0.25, -0.2) is 14.8 Å². The van der Waals surface area contributed by atoms with E-state index in [-0.39, 0.29) is 5.56 Å². The van der Waals surface area contributed by atoms with E-state index in [9.17, 15) is 4.79 Å². The molecule has 0 radical (unpaired) electrons. The zero-order chi connectivity index (χ0) is 13.2. The molecule has 0 saturated heterocycles. The van der Waals surface area contributed by atoms with Crippen molar-refractivity contribution in [3.05, 3.63) is 23.8 Å². The molecule has 1 aliphatic rings. The van der Waals surface area contributed by atoms with Crippen molar-refractivity contribution >= 4 is 5.97 Å². The van der Waals surface area contributed by atoms with Crippen LogP contribution in [0, 0.1) is 11.3 Å². The van der Waals surface area contributed by atoms with Gasteiger partial charge in [-0.3, -0.25) is 0 Å². The zero-order valence-electron chi connectivity index (χ0n) is 10.8. The van der Waals surface area contributed by atoms with Crippen LogP contribution in [0.15, 0.2) is 12.5 Å². The number of aromatic carboxylic acids is 1. The predicted molar refractivity (Wildman–Crippen MR) is 67.2 cm³/mol. The van der Waals surface area contributed by atoms with Crippen molar-refractivity contribution in [2.45, 2.75) is 33.2 Å². The van der Waals surface area contributed by atoms with Crippen LogP contribution in [0.4, 0.5) is 0 Å². The monoisotopic (exact) mass is 249 g/mol. The van der Waals surface area contributed by atoms with Gasteiger partial charge in [0.25, 0.3) is 0 Å². The van der Waals surface area contributed by atoms with Crippen LogP contribution in [0.5, 0.6) is 0 Å². The van der Waals surface area contributed by atoms with Gasteiger partial charge < -0.3 is 10.4 Å². The van der Waals surface area contributed by atoms with Crippen LogP contribution in [0.3, 0.4) is 0 Å². The van der Waals surface area contributed by atoms with E-state index in [1.54, 1.807) is 0 Å². The third-order valence-electron chi connectivity index (χ3n) is 3.91. The van der Waals surface area contributed by atoms with Gasteiger partial charge in [-0.2, -0.15) is 0 Å². The van der Waals surface area contributed by atoms with Crippen molar-refractivity contribution in [2.24, 2.45) is 11.3 Å². The molecule has 1 heterocycles. The summed E-state index contributed by atoms with van der Waals surface area (Å²) in [5.41, 5.74) is 1.15. The van der Waals surface area contributed by atoms with Crippen LogP contribution in [-0.4, -0.2) is 27.6 Å². The Kier molecular flexibility index (Phi) is 3.61. The fourth-order valence-corrected chi connectivity index (χ4v) is 2.22. The number of hydrogen-bond donors (Lipinski definition) is 2. The van der Waals surface area contributed by atoms with Gasteiger partial charge in [-0.1, -0.05) is 13.8 Å². The first kappa shape index (κ1) is 13.0. The van der Waals surface area contributed by atoms with Gasteiger partial charge in [0, 0.05) is 19.3 Å². The molecule has 0 aliphatic heterocycles. The summed E-state index contributed by atoms with van der Waals surface area (Å²) in [4.78, 5) is 18.8. The van der Waals surface area contributed by atoms with Gasteiger partial charge in [-0.15, -0.1) is 0 Å². The Hall–Kier alpha value is -1.49. The smallest absolute Gasteiger partial charge is 0.339 e. The van der Waals surface area contributed by atoms with E-state index >= 15 is 0 Å². The molecule has 98 valence electrons. The first-order valence-corrected chi connectivity index (χ1v) is 6.28. The second kappa shape index (κ2) is 5.02. The molecule has 2 rings (SSSR count). The largest absolute Gasteiger partial charge is 0.478 e. The highest BCUT2D eigenvalue weighted by Crippen LogP contribution is 2.51. The molecule has 2 N–H and O–H groups in total. The summed E-state index contributed by atoms with van der Waals surface area (Å²) >= 11 is 0. The van der Waals surface area contributed by atoms with E-state index < -0.39 is 5.97 Å². The van der Waals surface area contributed by atoms with Crippen LogP contribution >= 0.6 is 0 Å². The average molecular weight is 249 g/mol. The van der Waals surface area contributed by atoms with Crippen LogP contribution in [0.1, 0.15) is 42.7 Å². The maximum Gasteiger partial charge on any atom is 0.339 e. The Morgan fingerprint density at radius 2 is 2.28 bits per heavy atom. The Balaban J connectivity index is 1.93. The molecule has 1 aromatic heterocycles. The lowest BCUT2D eigenvalue weighted by Gasteiger charge is -2.20. The van der Waals surface area contributed by atoms with E-state index in [4.69, 9.17) is 5.11 Å². The molecule has 0 bridgehead atoms. The molecule has 0 aromatic carbocycles. The molecule has 1 aromatic rings. The fourth-order valence-electron chi connectivity index (χ4n) is 2.22. The molecule has 1 saturated carbocycles. The van der Waals surface area contributed by atoms with Crippen molar-refractivity contribution < 1.29 is 9.90 Å². The van der Waals surface area contributed by atoms with Gasteiger partial charge in [0.1, 0.15) is 11.9 Å². The Labute approximate surface area is 107 Å². The summed E-state index contributed by atoms with van der Waals surface area (Å²) in [5.74, 6) is -0.313. The summed E-state index contributed by atoms with van der Waals surface area (Å²) < 4.78 is 0. The van der Waals surface area contributed by atoms with Crippen molar-refractivity contribution in [3.8, 4) is 0 Å². The number of rotatable bonds is 6. The van der Waals surface area contributed by atoms with Gasteiger partial charge in [0.05, 0.1) is 5.69 Å². The highest BCUT2D eigenvalue weighted by atomic mass is 16.4. The third-order valence-corrected chi connectivity index (χ3v) is 3.91. The van der Waals surface area contributed by atoms with E-state index in [0.29, 0.717) is 23.6 Å². The van der Waals surface area contributed by atoms with E-state index in [1.165, 1.54) is 25.4 Å². The molecule has 1 aliphatic carbocycles. The summed E-state index contributed by atoms with van der Waals surface area (Å²) in [6.45, 7) is 5.89. The Bertz CT molecular complexity index is 442. The molecule has 5 nitrogen and oxygen atoms in total. The minimum Gasteiger partial charge on any atom is -0.478 e. The minimum absolute atomic E-state index is 0.180. The Morgan fingerprint density at radius 3 is 2.83 bits per heavy atom. The third kappa shape index (κ3) is 2.67. The molecule has 0 spiro atoms. The van der Waals surface area contributed by atoms with E-state index in [1.807, 2.05) is 0 Å². The van der Waals surface area contributed by atoms with Crippen molar-refractivity contribution in [1.82, 2.24) is 15.3 Å². The van der Waals surface area contributed by atoms with Gasteiger partial charge in [-0.05, 0) is 24.2 Å². The average Bonchev–Trinajstić information content (AvgIpc) is 3.10. The summed E-state index contributed by atoms with van der Waals surface area (Å²) in [5, 5.41) is 12.3. The maximum atomic E-state index is 11.0. The SMILES string of the molecule is CC(C)C1(CNCc2ncncc2C(=O)O)CC1. The summed E-state index contributed by atoms with van der Waals surface area (Å²) in [6.07, 6.45) is 5.25. The first-order chi connectivity index (χ1) is 8.55. The van der Waals surface area contributed by atoms with Crippen LogP contribution in [-0.2, 0) is 6.54 Å². The highest BCUT2D eigenvalue weighted by Gasteiger charge is 2.44. The van der Waals surface area contributed by atoms with Crippen LogP contribution in [0.25, 0.3) is 0 Å². The van der Waals surface area contributed by atoms with Crippen LogP contribution in [0.2, 0.25) is 0 Å². The maximum absolute atomic E-state index is 11.0. The van der Waals surface area contributed by atoms with Crippen molar-refractivity contribution in [2.75, 3.05) is 6.54 Å².